The zero-order valence-corrected chi connectivity index (χ0v) is 6.37. The topological polar surface area (TPSA) is 30.7 Å². The Morgan fingerprint density at radius 1 is 1.67 bits per heavy atom. The molecule has 0 aromatic carbocycles. The van der Waals surface area contributed by atoms with Gasteiger partial charge in [-0.15, -0.1) is 5.10 Å². The van der Waals surface area contributed by atoms with Gasteiger partial charge in [0.2, 0.25) is 0 Å². The maximum absolute atomic E-state index is 3.90. The van der Waals surface area contributed by atoms with Crippen molar-refractivity contribution < 1.29 is 0 Å². The van der Waals surface area contributed by atoms with E-state index in [1.165, 1.54) is 12.8 Å². The molecule has 0 spiro atoms. The minimum atomic E-state index is 0.642. The Hall–Kier alpha value is -0.380. The highest BCUT2D eigenvalue weighted by Crippen LogP contribution is 2.33. The van der Waals surface area contributed by atoms with Crippen LogP contribution >= 0.6 is 15.9 Å². The second-order valence-electron chi connectivity index (χ2n) is 2.25. The molecule has 1 saturated carbocycles. The molecule has 0 atom stereocenters. The molecule has 1 aromatic rings. The Balaban J connectivity index is 2.28. The summed E-state index contributed by atoms with van der Waals surface area (Å²) in [5.41, 5.74) is 0. The molecule has 0 aliphatic heterocycles. The van der Waals surface area contributed by atoms with Crippen molar-refractivity contribution in [3.63, 3.8) is 0 Å². The molecule has 9 heavy (non-hydrogen) atoms. The molecule has 0 bridgehead atoms. The van der Waals surface area contributed by atoms with Crippen molar-refractivity contribution >= 4 is 15.9 Å². The molecule has 1 heterocycles. The molecule has 1 aliphatic rings. The number of aromatic nitrogens is 3. The number of hydrogen-bond donors (Lipinski definition) is 0. The summed E-state index contributed by atoms with van der Waals surface area (Å²) in [7, 11) is 0. The molecule has 3 nitrogen and oxygen atoms in total. The highest BCUT2D eigenvalue weighted by atomic mass is 79.9. The van der Waals surface area contributed by atoms with Gasteiger partial charge in [0.15, 0.2) is 0 Å². The average molecular weight is 188 g/mol. The fourth-order valence-electron chi connectivity index (χ4n) is 0.773. The van der Waals surface area contributed by atoms with Crippen LogP contribution in [0.25, 0.3) is 0 Å². The average Bonchev–Trinajstić information content (AvgIpc) is 2.58. The highest BCUT2D eigenvalue weighted by Gasteiger charge is 2.24. The first-order chi connectivity index (χ1) is 4.36. The van der Waals surface area contributed by atoms with Gasteiger partial charge in [0.25, 0.3) is 0 Å². The van der Waals surface area contributed by atoms with E-state index in [1.54, 1.807) is 0 Å². The minimum Gasteiger partial charge on any atom is -0.248 e. The minimum absolute atomic E-state index is 0.642. The summed E-state index contributed by atoms with van der Waals surface area (Å²) in [5.74, 6) is 0. The van der Waals surface area contributed by atoms with Crippen LogP contribution in [-0.2, 0) is 0 Å². The first-order valence-corrected chi connectivity index (χ1v) is 3.73. The molecule has 1 fully saturated rings. The molecular weight excluding hydrogens is 182 g/mol. The molecule has 0 N–H and O–H groups in total. The van der Waals surface area contributed by atoms with E-state index in [0.29, 0.717) is 6.04 Å². The van der Waals surface area contributed by atoms with Crippen LogP contribution in [0.2, 0.25) is 0 Å². The van der Waals surface area contributed by atoms with Gasteiger partial charge in [0, 0.05) is 0 Å². The summed E-state index contributed by atoms with van der Waals surface area (Å²) in [6.45, 7) is 0. The number of halogens is 1. The monoisotopic (exact) mass is 187 g/mol. The van der Waals surface area contributed by atoms with Gasteiger partial charge in [-0.3, -0.25) is 0 Å². The van der Waals surface area contributed by atoms with Gasteiger partial charge in [-0.25, -0.2) is 4.68 Å². The van der Waals surface area contributed by atoms with Gasteiger partial charge < -0.3 is 0 Å². The third-order valence-electron chi connectivity index (χ3n) is 1.40. The quantitative estimate of drug-likeness (QED) is 0.666. The van der Waals surface area contributed by atoms with Crippen LogP contribution in [0.4, 0.5) is 0 Å². The number of rotatable bonds is 1. The fourth-order valence-corrected chi connectivity index (χ4v) is 1.05. The summed E-state index contributed by atoms with van der Waals surface area (Å²) >= 11 is 3.23. The third-order valence-corrected chi connectivity index (χ3v) is 1.77. The Labute approximate surface area is 61.2 Å². The van der Waals surface area contributed by atoms with Crippen molar-refractivity contribution in [1.29, 1.82) is 0 Å². The normalized spacial score (nSPS) is 18.3. The van der Waals surface area contributed by atoms with Crippen LogP contribution in [0.3, 0.4) is 0 Å². The van der Waals surface area contributed by atoms with Crippen molar-refractivity contribution in [1.82, 2.24) is 15.0 Å². The lowest BCUT2D eigenvalue weighted by Gasteiger charge is -1.88. The largest absolute Gasteiger partial charge is 0.248 e. The molecule has 0 unspecified atom stereocenters. The summed E-state index contributed by atoms with van der Waals surface area (Å²) in [5, 5.41) is 7.71. The highest BCUT2D eigenvalue weighted by molar-refractivity contribution is 9.10. The van der Waals surface area contributed by atoms with Gasteiger partial charge >= 0.3 is 0 Å². The summed E-state index contributed by atoms with van der Waals surface area (Å²) < 4.78 is 2.73. The van der Waals surface area contributed by atoms with E-state index in [0.717, 1.165) is 4.60 Å². The van der Waals surface area contributed by atoms with Crippen LogP contribution in [0.5, 0.6) is 0 Å². The SMILES string of the molecule is Brc1cn(C2CC2)nn1. The van der Waals surface area contributed by atoms with Crippen molar-refractivity contribution in [2.45, 2.75) is 18.9 Å². The van der Waals surface area contributed by atoms with Crippen molar-refractivity contribution in [2.75, 3.05) is 0 Å². The van der Waals surface area contributed by atoms with E-state index >= 15 is 0 Å². The molecule has 0 saturated heterocycles. The van der Waals surface area contributed by atoms with Crippen molar-refractivity contribution in [2.24, 2.45) is 0 Å². The molecule has 4 heteroatoms. The molecular formula is C5H6BrN3. The maximum Gasteiger partial charge on any atom is 0.148 e. The molecule has 48 valence electrons. The molecule has 1 aliphatic carbocycles. The van der Waals surface area contributed by atoms with E-state index in [-0.39, 0.29) is 0 Å². The van der Waals surface area contributed by atoms with Crippen LogP contribution in [-0.4, -0.2) is 15.0 Å². The van der Waals surface area contributed by atoms with Crippen molar-refractivity contribution in [3.05, 3.63) is 10.8 Å². The van der Waals surface area contributed by atoms with Crippen LogP contribution in [0, 0.1) is 0 Å². The fraction of sp³-hybridized carbons (Fsp3) is 0.600. The Morgan fingerprint density at radius 2 is 2.44 bits per heavy atom. The Kier molecular flexibility index (Phi) is 1.08. The van der Waals surface area contributed by atoms with Gasteiger partial charge in [-0.05, 0) is 28.8 Å². The second-order valence-corrected chi connectivity index (χ2v) is 3.06. The molecule has 0 radical (unpaired) electrons. The lowest BCUT2D eigenvalue weighted by molar-refractivity contribution is 0.610. The predicted octanol–water partition coefficient (Wildman–Crippen LogP) is 1.38. The standard InChI is InChI=1S/C5H6BrN3/c6-5-3-9(8-7-5)4-1-2-4/h3-4H,1-2H2. The van der Waals surface area contributed by atoms with Crippen LogP contribution in [0.15, 0.2) is 10.8 Å². The summed E-state index contributed by atoms with van der Waals surface area (Å²) in [4.78, 5) is 0. The van der Waals surface area contributed by atoms with E-state index < -0.39 is 0 Å². The Morgan fingerprint density at radius 3 is 2.89 bits per heavy atom. The third kappa shape index (κ3) is 0.986. The smallest absolute Gasteiger partial charge is 0.148 e. The number of nitrogens with zero attached hydrogens (tertiary/aromatic N) is 3. The summed E-state index contributed by atoms with van der Waals surface area (Å²) in [6, 6.07) is 0.642. The van der Waals surface area contributed by atoms with Crippen LogP contribution < -0.4 is 0 Å². The first-order valence-electron chi connectivity index (χ1n) is 2.93. The van der Waals surface area contributed by atoms with E-state index in [4.69, 9.17) is 0 Å². The number of hydrogen-bond acceptors (Lipinski definition) is 2. The molecule has 0 amide bonds. The summed E-state index contributed by atoms with van der Waals surface area (Å²) in [6.07, 6.45) is 4.43. The zero-order valence-electron chi connectivity index (χ0n) is 4.79. The van der Waals surface area contributed by atoms with Gasteiger partial charge in [0.1, 0.15) is 4.60 Å². The van der Waals surface area contributed by atoms with E-state index in [2.05, 4.69) is 26.2 Å². The Bertz CT molecular complexity index is 216. The second kappa shape index (κ2) is 1.80. The first kappa shape index (κ1) is 5.41. The van der Waals surface area contributed by atoms with E-state index in [9.17, 15) is 0 Å². The lowest BCUT2D eigenvalue weighted by Crippen LogP contribution is -1.92. The van der Waals surface area contributed by atoms with Gasteiger partial charge in [0.05, 0.1) is 12.2 Å². The van der Waals surface area contributed by atoms with Gasteiger partial charge in [-0.2, -0.15) is 0 Å². The molecule has 2 rings (SSSR count). The van der Waals surface area contributed by atoms with Crippen LogP contribution in [0.1, 0.15) is 18.9 Å². The molecule has 1 aromatic heterocycles. The van der Waals surface area contributed by atoms with Crippen molar-refractivity contribution in [3.8, 4) is 0 Å². The van der Waals surface area contributed by atoms with Gasteiger partial charge in [-0.1, -0.05) is 5.21 Å². The zero-order chi connectivity index (χ0) is 6.27. The lowest BCUT2D eigenvalue weighted by atomic mass is 10.7. The van der Waals surface area contributed by atoms with E-state index in [1.807, 2.05) is 10.9 Å². The maximum atomic E-state index is 3.90. The predicted molar refractivity (Wildman–Crippen MR) is 36.0 cm³/mol.